The molecule has 0 unspecified atom stereocenters. The zero-order valence-electron chi connectivity index (χ0n) is 13.5. The molecule has 0 bridgehead atoms. The lowest BCUT2D eigenvalue weighted by molar-refractivity contribution is -0.137. The molecular formula is C18H15F3N2O2. The third-order valence-corrected chi connectivity index (χ3v) is 3.53. The van der Waals surface area contributed by atoms with E-state index >= 15 is 0 Å². The van der Waals surface area contributed by atoms with E-state index in [1.54, 1.807) is 18.2 Å². The highest BCUT2D eigenvalue weighted by Gasteiger charge is 2.30. The number of hydrogen-bond acceptors (Lipinski definition) is 3. The van der Waals surface area contributed by atoms with Crippen molar-refractivity contribution in [3.05, 3.63) is 53.6 Å². The van der Waals surface area contributed by atoms with E-state index in [1.807, 2.05) is 13.8 Å². The number of carbonyl (C=O) groups is 1. The minimum absolute atomic E-state index is 0.00298. The summed E-state index contributed by atoms with van der Waals surface area (Å²) in [6.45, 7) is 3.71. The number of hydrogen-bond donors (Lipinski definition) is 1. The van der Waals surface area contributed by atoms with Gasteiger partial charge in [-0.1, -0.05) is 0 Å². The highest BCUT2D eigenvalue weighted by atomic mass is 19.4. The lowest BCUT2D eigenvalue weighted by Gasteiger charge is -2.07. The Kier molecular flexibility index (Phi) is 4.24. The van der Waals surface area contributed by atoms with Crippen LogP contribution in [-0.4, -0.2) is 16.9 Å². The first-order valence-corrected chi connectivity index (χ1v) is 7.63. The van der Waals surface area contributed by atoms with Gasteiger partial charge in [0, 0.05) is 17.2 Å². The van der Waals surface area contributed by atoms with E-state index in [1.165, 1.54) is 12.1 Å². The van der Waals surface area contributed by atoms with Gasteiger partial charge in [-0.25, -0.2) is 4.98 Å². The van der Waals surface area contributed by atoms with Crippen LogP contribution in [0.1, 0.15) is 29.8 Å². The largest absolute Gasteiger partial charge is 0.436 e. The minimum Gasteiger partial charge on any atom is -0.436 e. The Morgan fingerprint density at radius 1 is 1.12 bits per heavy atom. The highest BCUT2D eigenvalue weighted by molar-refractivity contribution is 5.97. The second kappa shape index (κ2) is 6.23. The van der Waals surface area contributed by atoms with Crippen molar-refractivity contribution < 1.29 is 22.4 Å². The molecule has 3 aromatic rings. The molecule has 0 aliphatic rings. The van der Waals surface area contributed by atoms with Gasteiger partial charge in [-0.3, -0.25) is 4.79 Å². The summed E-state index contributed by atoms with van der Waals surface area (Å²) < 4.78 is 43.4. The Balaban J connectivity index is 1.92. The normalized spacial score (nSPS) is 11.9. The van der Waals surface area contributed by atoms with Crippen molar-refractivity contribution in [1.29, 1.82) is 0 Å². The Bertz CT molecular complexity index is 912. The van der Waals surface area contributed by atoms with Gasteiger partial charge in [0.1, 0.15) is 5.52 Å². The Morgan fingerprint density at radius 2 is 1.80 bits per heavy atom. The average Bonchev–Trinajstić information content (AvgIpc) is 2.96. The van der Waals surface area contributed by atoms with Crippen LogP contribution in [0.3, 0.4) is 0 Å². The van der Waals surface area contributed by atoms with Crippen LogP contribution in [0.2, 0.25) is 0 Å². The van der Waals surface area contributed by atoms with Crippen LogP contribution in [-0.2, 0) is 6.18 Å². The number of alkyl halides is 3. The van der Waals surface area contributed by atoms with E-state index in [-0.39, 0.29) is 17.8 Å². The van der Waals surface area contributed by atoms with E-state index in [4.69, 9.17) is 4.42 Å². The molecule has 1 N–H and O–H groups in total. The first-order chi connectivity index (χ1) is 11.7. The van der Waals surface area contributed by atoms with Gasteiger partial charge in [-0.15, -0.1) is 0 Å². The zero-order valence-corrected chi connectivity index (χ0v) is 13.5. The lowest BCUT2D eigenvalue weighted by Crippen LogP contribution is -2.29. The van der Waals surface area contributed by atoms with Crippen molar-refractivity contribution in [3.63, 3.8) is 0 Å². The predicted molar refractivity (Wildman–Crippen MR) is 87.0 cm³/mol. The summed E-state index contributed by atoms with van der Waals surface area (Å²) in [4.78, 5) is 16.3. The van der Waals surface area contributed by atoms with Gasteiger partial charge in [0.2, 0.25) is 5.89 Å². The standard InChI is InChI=1S/C18H15F3N2O2/c1-10(2)22-16(24)12-5-8-15-14(9-12)23-17(25-15)11-3-6-13(7-4-11)18(19,20)21/h3-10H,1-2H3,(H,22,24). The van der Waals surface area contributed by atoms with Gasteiger partial charge in [0.25, 0.3) is 5.91 Å². The first-order valence-electron chi connectivity index (χ1n) is 7.63. The number of rotatable bonds is 3. The molecule has 0 atom stereocenters. The van der Waals surface area contributed by atoms with Gasteiger partial charge in [-0.2, -0.15) is 13.2 Å². The monoisotopic (exact) mass is 348 g/mol. The van der Waals surface area contributed by atoms with Crippen molar-refractivity contribution in [3.8, 4) is 11.5 Å². The molecule has 4 nitrogen and oxygen atoms in total. The molecule has 0 radical (unpaired) electrons. The van der Waals surface area contributed by atoms with Crippen LogP contribution < -0.4 is 5.32 Å². The Labute approximate surface area is 141 Å². The number of nitrogens with one attached hydrogen (secondary N) is 1. The fraction of sp³-hybridized carbons (Fsp3) is 0.222. The number of oxazole rings is 1. The van der Waals surface area contributed by atoms with Gasteiger partial charge in [-0.05, 0) is 56.3 Å². The van der Waals surface area contributed by atoms with Crippen LogP contribution in [0.4, 0.5) is 13.2 Å². The van der Waals surface area contributed by atoms with Crippen molar-refractivity contribution in [2.75, 3.05) is 0 Å². The second-order valence-corrected chi connectivity index (χ2v) is 5.90. The fourth-order valence-corrected chi connectivity index (χ4v) is 2.34. The molecule has 0 saturated carbocycles. The average molecular weight is 348 g/mol. The number of amides is 1. The molecule has 3 rings (SSSR count). The van der Waals surface area contributed by atoms with Gasteiger partial charge in [0.05, 0.1) is 5.56 Å². The second-order valence-electron chi connectivity index (χ2n) is 5.90. The zero-order chi connectivity index (χ0) is 18.2. The summed E-state index contributed by atoms with van der Waals surface area (Å²) in [5, 5.41) is 2.78. The Morgan fingerprint density at radius 3 is 2.40 bits per heavy atom. The van der Waals surface area contributed by atoms with Crippen LogP contribution in [0.25, 0.3) is 22.6 Å². The fourth-order valence-electron chi connectivity index (χ4n) is 2.34. The molecule has 1 amide bonds. The maximum Gasteiger partial charge on any atom is 0.416 e. The molecule has 0 saturated heterocycles. The molecule has 0 fully saturated rings. The molecule has 0 spiro atoms. The smallest absolute Gasteiger partial charge is 0.416 e. The number of fused-ring (bicyclic) bond motifs is 1. The highest BCUT2D eigenvalue weighted by Crippen LogP contribution is 2.31. The summed E-state index contributed by atoms with van der Waals surface area (Å²) >= 11 is 0. The molecule has 25 heavy (non-hydrogen) atoms. The summed E-state index contributed by atoms with van der Waals surface area (Å²) in [5.41, 5.74) is 1.05. The SMILES string of the molecule is CC(C)NC(=O)c1ccc2oc(-c3ccc(C(F)(F)F)cc3)nc2c1. The summed E-state index contributed by atoms with van der Waals surface area (Å²) in [7, 11) is 0. The summed E-state index contributed by atoms with van der Waals surface area (Å²) in [6.07, 6.45) is -4.39. The molecule has 1 heterocycles. The molecule has 130 valence electrons. The third-order valence-electron chi connectivity index (χ3n) is 3.53. The van der Waals surface area contributed by atoms with Crippen LogP contribution in [0.15, 0.2) is 46.9 Å². The van der Waals surface area contributed by atoms with E-state index in [9.17, 15) is 18.0 Å². The summed E-state index contributed by atoms with van der Waals surface area (Å²) in [5.74, 6) is -0.0267. The molecule has 7 heteroatoms. The van der Waals surface area contributed by atoms with E-state index in [0.717, 1.165) is 12.1 Å². The van der Waals surface area contributed by atoms with E-state index in [2.05, 4.69) is 10.3 Å². The van der Waals surface area contributed by atoms with E-state index < -0.39 is 11.7 Å². The maximum atomic E-state index is 12.6. The Hall–Kier alpha value is -2.83. The maximum absolute atomic E-state index is 12.6. The number of benzene rings is 2. The topological polar surface area (TPSA) is 55.1 Å². The molecule has 0 aliphatic heterocycles. The lowest BCUT2D eigenvalue weighted by atomic mass is 10.1. The molecule has 1 aromatic heterocycles. The first kappa shape index (κ1) is 17.0. The molecule has 0 aliphatic carbocycles. The van der Waals surface area contributed by atoms with Crippen LogP contribution >= 0.6 is 0 Å². The van der Waals surface area contributed by atoms with E-state index in [0.29, 0.717) is 22.2 Å². The molecule has 2 aromatic carbocycles. The summed E-state index contributed by atoms with van der Waals surface area (Å²) in [6, 6.07) is 9.39. The quantitative estimate of drug-likeness (QED) is 0.749. The van der Waals surface area contributed by atoms with Crippen molar-refractivity contribution in [2.24, 2.45) is 0 Å². The van der Waals surface area contributed by atoms with Crippen molar-refractivity contribution in [1.82, 2.24) is 10.3 Å². The van der Waals surface area contributed by atoms with Crippen molar-refractivity contribution >= 4 is 17.0 Å². The van der Waals surface area contributed by atoms with Crippen LogP contribution in [0, 0.1) is 0 Å². The third kappa shape index (κ3) is 3.65. The number of halogens is 3. The number of nitrogens with zero attached hydrogens (tertiary/aromatic N) is 1. The molecular weight excluding hydrogens is 333 g/mol. The van der Waals surface area contributed by atoms with Gasteiger partial charge >= 0.3 is 6.18 Å². The van der Waals surface area contributed by atoms with Gasteiger partial charge < -0.3 is 9.73 Å². The van der Waals surface area contributed by atoms with Crippen LogP contribution in [0.5, 0.6) is 0 Å². The number of carbonyl (C=O) groups excluding carboxylic acids is 1. The minimum atomic E-state index is -4.39. The number of aromatic nitrogens is 1. The van der Waals surface area contributed by atoms with Crippen molar-refractivity contribution in [2.45, 2.75) is 26.1 Å². The predicted octanol–water partition coefficient (Wildman–Crippen LogP) is 4.65. The van der Waals surface area contributed by atoms with Gasteiger partial charge in [0.15, 0.2) is 5.58 Å².